The second-order valence-corrected chi connectivity index (χ2v) is 25.4. The lowest BCUT2D eigenvalue weighted by Crippen LogP contribution is -2.14. The first-order valence-electron chi connectivity index (χ1n) is 33.8. The number of ketones is 8. The first-order chi connectivity index (χ1) is 50.6. The number of Topliss-reactive ketones (excluding diaryl/α,β-unsaturated/α-hetero) is 8. The van der Waals surface area contributed by atoms with E-state index in [-0.39, 0.29) is 105 Å². The summed E-state index contributed by atoms with van der Waals surface area (Å²) < 4.78 is 98.3. The normalized spacial score (nSPS) is 11.2. The average molecular weight is 1430 g/mol. The maximum Gasteiger partial charge on any atom is 0.417 e. The molecule has 0 atom stereocenters. The van der Waals surface area contributed by atoms with Gasteiger partial charge in [-0.15, -0.1) is 0 Å². The second-order valence-electron chi connectivity index (χ2n) is 25.4. The topological polar surface area (TPSA) is 195 Å². The molecule has 0 bridgehead atoms. The molecule has 106 heavy (non-hydrogen) atoms. The standard InChI is InChI=1S/C46H38O7.C42H32F6O5/c1-3-31-10-15-39(16-11-31)52-41-19-21-42(22-20-41)53-40-17-12-32(13-18-40)25-44(49)36-8-5-9-37(28-36)46(51)29-38-24-33(14-23-43(38)48)26-45(50)35-7-4-6-34(27-35)30(2)47;1-3-28-16-25(12-15-37(28)50)19-38(51)31-8-5-9-32(23-31)40(53)21-27-11-14-34(36(18-27)42(46,47)48)33-13-10-26(17-35(33)41(43,44)45)20-39(52)30-7-4-6-29(22-30)24(2)49/h4-24,27-28,48H,3,25-26,29H2,1-2H3;4-18,22-23,50H,3,19-21H2,1-2H3. The Morgan fingerprint density at radius 3 is 0.887 bits per heavy atom. The third-order valence-electron chi connectivity index (χ3n) is 17.7. The van der Waals surface area contributed by atoms with Crippen molar-refractivity contribution in [2.24, 2.45) is 0 Å². The van der Waals surface area contributed by atoms with E-state index in [0.717, 1.165) is 42.0 Å². The van der Waals surface area contributed by atoms with E-state index in [9.17, 15) is 74.9 Å². The number of carbonyl (C=O) groups is 8. The van der Waals surface area contributed by atoms with Crippen LogP contribution in [0, 0.1) is 0 Å². The second kappa shape index (κ2) is 33.8. The van der Waals surface area contributed by atoms with E-state index in [1.807, 2.05) is 67.6 Å². The van der Waals surface area contributed by atoms with Crippen molar-refractivity contribution in [2.45, 2.75) is 91.4 Å². The van der Waals surface area contributed by atoms with E-state index in [1.165, 1.54) is 80.1 Å². The molecule has 0 spiro atoms. The van der Waals surface area contributed by atoms with Crippen LogP contribution in [0.1, 0.15) is 166 Å². The van der Waals surface area contributed by atoms with Gasteiger partial charge < -0.3 is 19.7 Å². The van der Waals surface area contributed by atoms with Crippen molar-refractivity contribution in [1.82, 2.24) is 0 Å². The molecule has 2 N–H and O–H groups in total. The summed E-state index contributed by atoms with van der Waals surface area (Å²) in [4.78, 5) is 102. The molecular weight excluding hydrogens is 1360 g/mol. The summed E-state index contributed by atoms with van der Waals surface area (Å²) >= 11 is 0. The minimum atomic E-state index is -5.11. The van der Waals surface area contributed by atoms with Crippen LogP contribution in [0.2, 0.25) is 0 Å². The van der Waals surface area contributed by atoms with Crippen molar-refractivity contribution in [3.63, 3.8) is 0 Å². The Morgan fingerprint density at radius 1 is 0.292 bits per heavy atom. The third-order valence-corrected chi connectivity index (χ3v) is 17.7. The highest BCUT2D eigenvalue weighted by molar-refractivity contribution is 6.05. The molecule has 0 aliphatic carbocycles. The van der Waals surface area contributed by atoms with Crippen LogP contribution in [-0.2, 0) is 63.7 Å². The molecule has 0 aliphatic heterocycles. The summed E-state index contributed by atoms with van der Waals surface area (Å²) in [5.41, 5.74) is 2.06. The maximum atomic E-state index is 14.4. The number of rotatable bonds is 27. The monoisotopic (exact) mass is 1430 g/mol. The number of halogens is 6. The maximum absolute atomic E-state index is 14.4. The van der Waals surface area contributed by atoms with Gasteiger partial charge >= 0.3 is 12.4 Å². The summed E-state index contributed by atoms with van der Waals surface area (Å²) in [6.45, 7) is 6.70. The van der Waals surface area contributed by atoms with Gasteiger partial charge in [0.05, 0.1) is 11.1 Å². The lowest BCUT2D eigenvalue weighted by atomic mass is 9.90. The van der Waals surface area contributed by atoms with Gasteiger partial charge in [-0.25, -0.2) is 0 Å². The Labute approximate surface area is 607 Å². The molecule has 0 radical (unpaired) electrons. The zero-order valence-corrected chi connectivity index (χ0v) is 58.0. The van der Waals surface area contributed by atoms with Crippen LogP contribution >= 0.6 is 0 Å². The van der Waals surface area contributed by atoms with Crippen molar-refractivity contribution >= 4 is 46.3 Å². The number of aryl methyl sites for hydroxylation is 2. The van der Waals surface area contributed by atoms with Gasteiger partial charge in [0.1, 0.15) is 34.5 Å². The first kappa shape index (κ1) is 76.2. The Morgan fingerprint density at radius 2 is 0.557 bits per heavy atom. The predicted molar refractivity (Wildman–Crippen MR) is 390 cm³/mol. The fourth-order valence-corrected chi connectivity index (χ4v) is 11.8. The number of ether oxygens (including phenoxy) is 2. The van der Waals surface area contributed by atoms with E-state index < -0.39 is 59.0 Å². The molecule has 0 aliphatic rings. The van der Waals surface area contributed by atoms with E-state index in [1.54, 1.807) is 84.9 Å². The lowest BCUT2D eigenvalue weighted by molar-refractivity contribution is -0.139. The number of hydrogen-bond donors (Lipinski definition) is 2. The minimum Gasteiger partial charge on any atom is -0.508 e. The number of phenolic OH excluding ortho intramolecular Hbond substituents is 2. The van der Waals surface area contributed by atoms with E-state index >= 15 is 0 Å². The van der Waals surface area contributed by atoms with Crippen molar-refractivity contribution in [3.05, 3.63) is 343 Å². The number of benzene rings is 11. The van der Waals surface area contributed by atoms with Crippen LogP contribution < -0.4 is 9.47 Å². The summed E-state index contributed by atoms with van der Waals surface area (Å²) in [5, 5.41) is 20.4. The number of carbonyl (C=O) groups excluding carboxylic acids is 8. The summed E-state index contributed by atoms with van der Waals surface area (Å²) in [6.07, 6.45) is -9.67. The van der Waals surface area contributed by atoms with Gasteiger partial charge in [0.15, 0.2) is 46.3 Å². The fraction of sp³-hybridized carbons (Fsp3) is 0.159. The lowest BCUT2D eigenvalue weighted by Gasteiger charge is -2.19. The Hall–Kier alpha value is -12.4. The summed E-state index contributed by atoms with van der Waals surface area (Å²) in [6, 6.07) is 62.0. The number of phenols is 2. The molecule has 18 heteroatoms. The highest BCUT2D eigenvalue weighted by atomic mass is 19.4. The van der Waals surface area contributed by atoms with E-state index in [0.29, 0.717) is 80.3 Å². The number of aromatic hydroxyl groups is 2. The largest absolute Gasteiger partial charge is 0.508 e. The van der Waals surface area contributed by atoms with Crippen molar-refractivity contribution in [3.8, 4) is 45.6 Å². The van der Waals surface area contributed by atoms with Crippen LogP contribution in [0.25, 0.3) is 11.1 Å². The third kappa shape index (κ3) is 20.0. The molecule has 11 aromatic rings. The van der Waals surface area contributed by atoms with Crippen LogP contribution in [0.4, 0.5) is 26.3 Å². The molecule has 0 amide bonds. The summed E-state index contributed by atoms with van der Waals surface area (Å²) in [7, 11) is 0. The zero-order chi connectivity index (χ0) is 76.0. The molecule has 0 saturated heterocycles. The number of alkyl halides is 6. The SMILES string of the molecule is CCc1cc(CC(=O)c2cccc(C(=O)Cc3ccc(-c4ccc(CC(=O)c5cccc(C(C)=O)c5)cc4C(F)(F)F)c(C(F)(F)F)c3)c2)ccc1O.CCc1ccc(Oc2ccc(Oc3ccc(CC(=O)c4cccc(C(=O)Cc5cc(CC(=O)c6cccc(C(C)=O)c6)ccc5O)c4)cc3)cc2)cc1. The van der Waals surface area contributed by atoms with Gasteiger partial charge in [-0.05, 0) is 174 Å². The highest BCUT2D eigenvalue weighted by Gasteiger charge is 2.39. The van der Waals surface area contributed by atoms with Crippen molar-refractivity contribution < 1.29 is 84.4 Å². The fourth-order valence-electron chi connectivity index (χ4n) is 11.8. The predicted octanol–water partition coefficient (Wildman–Crippen LogP) is 20.2. The zero-order valence-electron chi connectivity index (χ0n) is 58.0. The van der Waals surface area contributed by atoms with Gasteiger partial charge in [0.25, 0.3) is 0 Å². The van der Waals surface area contributed by atoms with E-state index in [2.05, 4.69) is 6.92 Å². The quantitative estimate of drug-likeness (QED) is 0.0366. The summed E-state index contributed by atoms with van der Waals surface area (Å²) in [5.74, 6) is 0.203. The molecule has 0 aromatic heterocycles. The molecule has 0 unspecified atom stereocenters. The van der Waals surface area contributed by atoms with Crippen molar-refractivity contribution in [2.75, 3.05) is 0 Å². The van der Waals surface area contributed by atoms with Crippen LogP contribution in [0.3, 0.4) is 0 Å². The smallest absolute Gasteiger partial charge is 0.417 e. The molecule has 11 aromatic carbocycles. The first-order valence-corrected chi connectivity index (χ1v) is 33.8. The van der Waals surface area contributed by atoms with Crippen LogP contribution in [0.15, 0.2) is 243 Å². The van der Waals surface area contributed by atoms with Crippen LogP contribution in [-0.4, -0.2) is 56.5 Å². The molecular formula is C88H70F6O12. The Bertz CT molecular complexity index is 5150. The average Bonchev–Trinajstić information content (AvgIpc) is 0.766. The number of hydrogen-bond acceptors (Lipinski definition) is 12. The van der Waals surface area contributed by atoms with Gasteiger partial charge in [-0.2, -0.15) is 26.3 Å². The van der Waals surface area contributed by atoms with Gasteiger partial charge in [0.2, 0.25) is 0 Å². The van der Waals surface area contributed by atoms with Gasteiger partial charge in [-0.3, -0.25) is 38.4 Å². The minimum absolute atomic E-state index is 0.0203. The van der Waals surface area contributed by atoms with Gasteiger partial charge in [0, 0.05) is 88.6 Å². The Balaban J connectivity index is 0.000000227. The molecule has 0 heterocycles. The molecule has 536 valence electrons. The molecule has 0 fully saturated rings. The van der Waals surface area contributed by atoms with E-state index in [4.69, 9.17) is 9.47 Å². The highest BCUT2D eigenvalue weighted by Crippen LogP contribution is 2.44. The van der Waals surface area contributed by atoms with Gasteiger partial charge in [-0.1, -0.05) is 159 Å². The van der Waals surface area contributed by atoms with Crippen LogP contribution in [0.5, 0.6) is 34.5 Å². The molecule has 11 rings (SSSR count). The van der Waals surface area contributed by atoms with Crippen molar-refractivity contribution in [1.29, 1.82) is 0 Å². The Kier molecular flexibility index (Phi) is 24.3. The molecule has 0 saturated carbocycles. The molecule has 12 nitrogen and oxygen atoms in total.